The Morgan fingerprint density at radius 3 is 2.00 bits per heavy atom. The zero-order valence-corrected chi connectivity index (χ0v) is 20.0. The third-order valence-electron chi connectivity index (χ3n) is 11.9. The molecule has 0 spiro atoms. The third kappa shape index (κ3) is 3.37. The van der Waals surface area contributed by atoms with Gasteiger partial charge in [0.1, 0.15) is 0 Å². The summed E-state index contributed by atoms with van der Waals surface area (Å²) in [7, 11) is 0. The summed E-state index contributed by atoms with van der Waals surface area (Å²) in [5.41, 5.74) is 0.508. The first kappa shape index (κ1) is 23.6. The minimum atomic E-state index is -0.132. The Hall–Kier alpha value is -0.160. The summed E-state index contributed by atoms with van der Waals surface area (Å²) in [6.45, 7) is 9.86. The van der Waals surface area contributed by atoms with Gasteiger partial charge in [0.15, 0.2) is 0 Å². The molecule has 0 aromatic carbocycles. The Kier molecular flexibility index (Phi) is 6.26. The van der Waals surface area contributed by atoms with Gasteiger partial charge >= 0.3 is 0 Å². The zero-order valence-electron chi connectivity index (χ0n) is 20.0. The molecule has 6 aliphatic rings. The topological polar surface area (TPSA) is 46.9 Å². The Morgan fingerprint density at radius 1 is 0.719 bits per heavy atom. The van der Waals surface area contributed by atoms with E-state index in [4.69, 9.17) is 0 Å². The molecule has 2 heterocycles. The second-order valence-electron chi connectivity index (χ2n) is 13.0. The van der Waals surface area contributed by atoms with Crippen molar-refractivity contribution in [2.24, 2.45) is 34.5 Å². The van der Waals surface area contributed by atoms with Crippen LogP contribution in [0.25, 0.3) is 0 Å². The molecule has 2 aliphatic heterocycles. The molecule has 4 aliphatic carbocycles. The molecule has 2 N–H and O–H groups in total. The predicted molar refractivity (Wildman–Crippen MR) is 130 cm³/mol. The molecule has 184 valence electrons. The van der Waals surface area contributed by atoms with Crippen molar-refractivity contribution in [3.8, 4) is 0 Å². The van der Waals surface area contributed by atoms with Crippen LogP contribution >= 0.6 is 0 Å². The lowest BCUT2D eigenvalue weighted by molar-refractivity contribution is -0.152. The number of nitrogens with zero attached hydrogens (tertiary/aromatic N) is 2. The molecule has 4 saturated carbocycles. The molecule has 0 aromatic heterocycles. The van der Waals surface area contributed by atoms with Crippen molar-refractivity contribution in [2.45, 2.75) is 116 Å². The van der Waals surface area contributed by atoms with Crippen molar-refractivity contribution < 1.29 is 10.2 Å². The first-order chi connectivity index (χ1) is 14.9. The van der Waals surface area contributed by atoms with Crippen LogP contribution < -0.4 is 0 Å². The van der Waals surface area contributed by atoms with Gasteiger partial charge in [-0.3, -0.25) is 9.80 Å². The largest absolute Gasteiger partial charge is 0.391 e. The van der Waals surface area contributed by atoms with Gasteiger partial charge < -0.3 is 10.2 Å². The summed E-state index contributed by atoms with van der Waals surface area (Å²) in [4.78, 5) is 5.27. The highest BCUT2D eigenvalue weighted by molar-refractivity contribution is 5.14. The molecule has 2 saturated heterocycles. The predicted octanol–water partition coefficient (Wildman–Crippen LogP) is 4.54. The summed E-state index contributed by atoms with van der Waals surface area (Å²) in [6, 6.07) is 0.801. The van der Waals surface area contributed by atoms with E-state index in [1.165, 1.54) is 90.4 Å². The molecule has 4 nitrogen and oxygen atoms in total. The van der Waals surface area contributed by atoms with Gasteiger partial charge in [0, 0.05) is 12.1 Å². The van der Waals surface area contributed by atoms with E-state index in [-0.39, 0.29) is 25.0 Å². The zero-order chi connectivity index (χ0) is 21.4. The highest BCUT2D eigenvalue weighted by atomic mass is 16.3. The van der Waals surface area contributed by atoms with E-state index >= 15 is 0 Å². The smallest absolute Gasteiger partial charge is 0.0751 e. The fourth-order valence-electron chi connectivity index (χ4n) is 10.1. The summed E-state index contributed by atoms with van der Waals surface area (Å²) >= 11 is 0. The van der Waals surface area contributed by atoms with Crippen molar-refractivity contribution in [2.75, 3.05) is 26.2 Å². The average Bonchev–Trinajstić information content (AvgIpc) is 3.50. The minimum Gasteiger partial charge on any atom is -0.391 e. The van der Waals surface area contributed by atoms with E-state index < -0.39 is 0 Å². The van der Waals surface area contributed by atoms with Crippen LogP contribution in [0.4, 0.5) is 0 Å². The Balaban J connectivity index is 0.00000216. The second-order valence-corrected chi connectivity index (χ2v) is 13.0. The maximum absolute atomic E-state index is 11.5. The van der Waals surface area contributed by atoms with Gasteiger partial charge in [0.2, 0.25) is 0 Å². The fraction of sp³-hybridized carbons (Fsp3) is 1.00. The van der Waals surface area contributed by atoms with Gasteiger partial charge in [0.25, 0.3) is 0 Å². The van der Waals surface area contributed by atoms with Gasteiger partial charge in [-0.05, 0) is 131 Å². The van der Waals surface area contributed by atoms with Crippen molar-refractivity contribution in [1.82, 2.24) is 9.80 Å². The number of aliphatic hydroxyl groups is 2. The maximum Gasteiger partial charge on any atom is 0.0751 e. The van der Waals surface area contributed by atoms with Crippen LogP contribution in [0.15, 0.2) is 0 Å². The summed E-state index contributed by atoms with van der Waals surface area (Å²) < 4.78 is 0. The molecule has 4 heteroatoms. The van der Waals surface area contributed by atoms with Gasteiger partial charge in [-0.15, -0.1) is 0 Å². The van der Waals surface area contributed by atoms with Crippen molar-refractivity contribution in [3.63, 3.8) is 0 Å². The molecule has 0 aromatic rings. The first-order valence-electron chi connectivity index (χ1n) is 13.8. The quantitative estimate of drug-likeness (QED) is 0.654. The summed E-state index contributed by atoms with van der Waals surface area (Å²) in [6.07, 6.45) is 13.6. The van der Waals surface area contributed by atoms with Crippen LogP contribution in [-0.2, 0) is 0 Å². The van der Waals surface area contributed by atoms with Crippen LogP contribution in [0.3, 0.4) is 0 Å². The van der Waals surface area contributed by atoms with E-state index in [1.54, 1.807) is 0 Å². The van der Waals surface area contributed by atoms with E-state index in [9.17, 15) is 10.2 Å². The molecular formula is C28H50N2O2. The van der Waals surface area contributed by atoms with E-state index in [0.717, 1.165) is 18.3 Å². The van der Waals surface area contributed by atoms with Crippen LogP contribution in [0.2, 0.25) is 0 Å². The Bertz CT molecular complexity index is 674. The number of hydrogen-bond acceptors (Lipinski definition) is 4. The summed E-state index contributed by atoms with van der Waals surface area (Å²) in [5.74, 6) is 2.98. The standard InChI is InChI=1S/C27H46N2O2.CH4/c1-26-10-9-20-19(21(26)16-22(25(26)31)28-11-3-4-12-28)8-7-18-15-24(30)23(17-27(18,20)2)29-13-5-6-14-29;/h18-25,30-31H,3-17H2,1-2H3;1H4/t18?,19?,20?,21?,22-,23-,24-,25-,26-,27-;/m0./s1. The lowest BCUT2D eigenvalue weighted by Gasteiger charge is -2.62. The molecule has 10 atom stereocenters. The van der Waals surface area contributed by atoms with Gasteiger partial charge in [-0.1, -0.05) is 21.3 Å². The monoisotopic (exact) mass is 446 g/mol. The third-order valence-corrected chi connectivity index (χ3v) is 11.9. The molecule has 0 radical (unpaired) electrons. The second kappa shape index (κ2) is 8.50. The molecule has 0 bridgehead atoms. The van der Waals surface area contributed by atoms with Crippen LogP contribution in [0.1, 0.15) is 91.9 Å². The Morgan fingerprint density at radius 2 is 1.34 bits per heavy atom. The lowest BCUT2D eigenvalue weighted by atomic mass is 9.44. The lowest BCUT2D eigenvalue weighted by Crippen LogP contribution is -2.59. The van der Waals surface area contributed by atoms with Crippen molar-refractivity contribution in [1.29, 1.82) is 0 Å². The first-order valence-corrected chi connectivity index (χ1v) is 13.8. The fourth-order valence-corrected chi connectivity index (χ4v) is 10.1. The van der Waals surface area contributed by atoms with Gasteiger partial charge in [-0.25, -0.2) is 0 Å². The maximum atomic E-state index is 11.5. The molecule has 32 heavy (non-hydrogen) atoms. The van der Waals surface area contributed by atoms with E-state index in [2.05, 4.69) is 23.6 Å². The number of hydrogen-bond donors (Lipinski definition) is 2. The SMILES string of the molecule is C.C[C@]12C[C@H](N3CCCC3)[C@@H](O)CC1CCC1C2CC[C@@]2(C)C1C[C@H](N1CCCC1)[C@@H]2O. The van der Waals surface area contributed by atoms with Gasteiger partial charge in [0.05, 0.1) is 12.2 Å². The van der Waals surface area contributed by atoms with E-state index in [1.807, 2.05) is 0 Å². The summed E-state index contributed by atoms with van der Waals surface area (Å²) in [5, 5.41) is 22.6. The molecule has 4 unspecified atom stereocenters. The molecule has 6 fully saturated rings. The van der Waals surface area contributed by atoms with Crippen molar-refractivity contribution in [3.05, 3.63) is 0 Å². The van der Waals surface area contributed by atoms with Gasteiger partial charge in [-0.2, -0.15) is 0 Å². The molecular weight excluding hydrogens is 396 g/mol. The average molecular weight is 447 g/mol. The normalized spacial score (nSPS) is 54.0. The highest BCUT2D eigenvalue weighted by Gasteiger charge is 2.63. The number of fused-ring (bicyclic) bond motifs is 5. The van der Waals surface area contributed by atoms with E-state index in [0.29, 0.717) is 29.3 Å². The van der Waals surface area contributed by atoms with Crippen molar-refractivity contribution >= 4 is 0 Å². The molecule has 6 rings (SSSR count). The van der Waals surface area contributed by atoms with Crippen LogP contribution in [0, 0.1) is 34.5 Å². The highest BCUT2D eigenvalue weighted by Crippen LogP contribution is 2.66. The van der Waals surface area contributed by atoms with Crippen LogP contribution in [-0.4, -0.2) is 70.5 Å². The number of aliphatic hydroxyl groups excluding tert-OH is 2. The number of rotatable bonds is 2. The minimum absolute atomic E-state index is 0. The Labute approximate surface area is 197 Å². The molecule has 0 amide bonds. The van der Waals surface area contributed by atoms with Crippen LogP contribution in [0.5, 0.6) is 0 Å². The number of likely N-dealkylation sites (tertiary alicyclic amines) is 2.